The molecule has 0 fully saturated rings. The number of carbonyl (C=O) groups excluding carboxylic acids is 1. The second kappa shape index (κ2) is 9.78. The predicted octanol–water partition coefficient (Wildman–Crippen LogP) is 5.32. The number of hydrogen-bond donors (Lipinski definition) is 0. The second-order valence-corrected chi connectivity index (χ2v) is 8.26. The molecule has 7 heteroatoms. The number of rotatable bonds is 8. The summed E-state index contributed by atoms with van der Waals surface area (Å²) in [7, 11) is 0. The zero-order chi connectivity index (χ0) is 22.5. The summed E-state index contributed by atoms with van der Waals surface area (Å²) in [6, 6.07) is 17.3. The van der Waals surface area contributed by atoms with Gasteiger partial charge in [0.2, 0.25) is 0 Å². The van der Waals surface area contributed by atoms with Gasteiger partial charge in [0.1, 0.15) is 5.75 Å². The Labute approximate surface area is 191 Å². The van der Waals surface area contributed by atoms with Crippen molar-refractivity contribution in [2.24, 2.45) is 0 Å². The Balaban J connectivity index is 1.63. The number of pyridine rings is 1. The predicted molar refractivity (Wildman–Crippen MR) is 127 cm³/mol. The summed E-state index contributed by atoms with van der Waals surface area (Å²) in [5.41, 5.74) is 4.91. The van der Waals surface area contributed by atoms with E-state index in [1.165, 1.54) is 22.9 Å². The Morgan fingerprint density at radius 3 is 2.41 bits per heavy atom. The Bertz CT molecular complexity index is 1220. The average molecular weight is 445 g/mol. The van der Waals surface area contributed by atoms with E-state index in [-0.39, 0.29) is 11.5 Å². The molecule has 0 aliphatic heterocycles. The highest BCUT2D eigenvalue weighted by molar-refractivity contribution is 7.99. The molecule has 0 atom stereocenters. The van der Waals surface area contributed by atoms with Gasteiger partial charge in [-0.2, -0.15) is 0 Å². The number of Topliss-reactive ketones (excluding diaryl/α,β-unsaturated/α-hetero) is 1. The lowest BCUT2D eigenvalue weighted by Gasteiger charge is -2.12. The van der Waals surface area contributed by atoms with E-state index in [9.17, 15) is 4.79 Å². The third-order valence-corrected chi connectivity index (χ3v) is 6.07. The maximum atomic E-state index is 12.8. The van der Waals surface area contributed by atoms with Crippen LogP contribution in [0.2, 0.25) is 0 Å². The van der Waals surface area contributed by atoms with Crippen molar-refractivity contribution in [1.29, 1.82) is 0 Å². The van der Waals surface area contributed by atoms with E-state index in [1.54, 1.807) is 24.5 Å². The van der Waals surface area contributed by atoms with Gasteiger partial charge in [0.15, 0.2) is 16.8 Å². The normalized spacial score (nSPS) is 10.8. The van der Waals surface area contributed by atoms with Gasteiger partial charge in [0, 0.05) is 23.5 Å². The van der Waals surface area contributed by atoms with E-state index >= 15 is 0 Å². The minimum Gasteiger partial charge on any atom is -0.494 e. The van der Waals surface area contributed by atoms with Crippen LogP contribution in [0, 0.1) is 13.8 Å². The van der Waals surface area contributed by atoms with Gasteiger partial charge in [0.25, 0.3) is 0 Å². The molecule has 4 rings (SSSR count). The van der Waals surface area contributed by atoms with Crippen LogP contribution in [0.1, 0.15) is 28.4 Å². The largest absolute Gasteiger partial charge is 0.494 e. The summed E-state index contributed by atoms with van der Waals surface area (Å²) in [6.07, 6.45) is 3.47. The molecule has 32 heavy (non-hydrogen) atoms. The van der Waals surface area contributed by atoms with E-state index in [4.69, 9.17) is 4.74 Å². The minimum atomic E-state index is 0.0261. The fourth-order valence-electron chi connectivity index (χ4n) is 3.27. The molecule has 6 nitrogen and oxygen atoms in total. The number of carbonyl (C=O) groups is 1. The standard InChI is InChI=1S/C25H24N4O2S/c1-4-31-22-9-6-19(7-10-22)23(30)16-32-25-28-27-24(20-11-13-26-14-12-20)29(25)21-8-5-17(2)18(3)15-21/h5-15H,4,16H2,1-3H3. The van der Waals surface area contributed by atoms with Crippen molar-refractivity contribution in [2.75, 3.05) is 12.4 Å². The summed E-state index contributed by atoms with van der Waals surface area (Å²) >= 11 is 1.38. The number of aryl methyl sites for hydroxylation is 2. The highest BCUT2D eigenvalue weighted by Crippen LogP contribution is 2.29. The maximum absolute atomic E-state index is 12.8. The van der Waals surface area contributed by atoms with Gasteiger partial charge in [-0.1, -0.05) is 17.8 Å². The van der Waals surface area contributed by atoms with Gasteiger partial charge >= 0.3 is 0 Å². The number of nitrogens with zero attached hydrogens (tertiary/aromatic N) is 4. The van der Waals surface area contributed by atoms with Gasteiger partial charge in [-0.25, -0.2) is 0 Å². The van der Waals surface area contributed by atoms with Crippen LogP contribution in [0.25, 0.3) is 17.1 Å². The molecule has 4 aromatic rings. The molecule has 0 amide bonds. The summed E-state index contributed by atoms with van der Waals surface area (Å²) < 4.78 is 7.45. The van der Waals surface area contributed by atoms with Crippen molar-refractivity contribution in [2.45, 2.75) is 25.9 Å². The first-order valence-electron chi connectivity index (χ1n) is 10.4. The van der Waals surface area contributed by atoms with Crippen LogP contribution in [-0.4, -0.2) is 37.9 Å². The third kappa shape index (κ3) is 4.73. The van der Waals surface area contributed by atoms with Crippen LogP contribution in [-0.2, 0) is 0 Å². The number of thioether (sulfide) groups is 1. The Kier molecular flexibility index (Phi) is 6.66. The van der Waals surface area contributed by atoms with E-state index in [0.717, 1.165) is 17.0 Å². The lowest BCUT2D eigenvalue weighted by atomic mass is 10.1. The second-order valence-electron chi connectivity index (χ2n) is 7.32. The Morgan fingerprint density at radius 1 is 0.969 bits per heavy atom. The van der Waals surface area contributed by atoms with E-state index in [2.05, 4.69) is 47.2 Å². The number of hydrogen-bond acceptors (Lipinski definition) is 6. The summed E-state index contributed by atoms with van der Waals surface area (Å²) in [5, 5.41) is 9.51. The molecule has 0 radical (unpaired) electrons. The molecule has 162 valence electrons. The number of aromatic nitrogens is 4. The highest BCUT2D eigenvalue weighted by atomic mass is 32.2. The van der Waals surface area contributed by atoms with Crippen molar-refractivity contribution in [3.8, 4) is 22.8 Å². The smallest absolute Gasteiger partial charge is 0.196 e. The van der Waals surface area contributed by atoms with Crippen molar-refractivity contribution in [3.05, 3.63) is 83.7 Å². The molecule has 0 N–H and O–H groups in total. The fourth-order valence-corrected chi connectivity index (χ4v) is 4.11. The van der Waals surface area contributed by atoms with Gasteiger partial charge in [-0.15, -0.1) is 10.2 Å². The third-order valence-electron chi connectivity index (χ3n) is 5.14. The van der Waals surface area contributed by atoms with Crippen LogP contribution in [0.4, 0.5) is 0 Å². The molecule has 0 aliphatic carbocycles. The summed E-state index contributed by atoms with van der Waals surface area (Å²) in [5.74, 6) is 1.76. The quantitative estimate of drug-likeness (QED) is 0.271. The molecule has 0 spiro atoms. The van der Waals surface area contributed by atoms with E-state index in [1.807, 2.05) is 35.8 Å². The monoisotopic (exact) mass is 444 g/mol. The van der Waals surface area contributed by atoms with Crippen LogP contribution < -0.4 is 4.74 Å². The fraction of sp³-hybridized carbons (Fsp3) is 0.200. The Morgan fingerprint density at radius 2 is 1.72 bits per heavy atom. The van der Waals surface area contributed by atoms with Gasteiger partial charge in [-0.3, -0.25) is 14.3 Å². The van der Waals surface area contributed by atoms with Gasteiger partial charge < -0.3 is 4.74 Å². The number of ether oxygens (including phenoxy) is 1. The van der Waals surface area contributed by atoms with Crippen molar-refractivity contribution in [1.82, 2.24) is 19.7 Å². The molecule has 2 aromatic carbocycles. The molecule has 0 unspecified atom stereocenters. The zero-order valence-electron chi connectivity index (χ0n) is 18.3. The first-order valence-corrected chi connectivity index (χ1v) is 11.4. The molecule has 0 aliphatic rings. The van der Waals surface area contributed by atoms with Crippen LogP contribution >= 0.6 is 11.8 Å². The zero-order valence-corrected chi connectivity index (χ0v) is 19.1. The van der Waals surface area contributed by atoms with Gasteiger partial charge in [0.05, 0.1) is 18.0 Å². The van der Waals surface area contributed by atoms with Crippen LogP contribution in [0.15, 0.2) is 72.1 Å². The molecular weight excluding hydrogens is 420 g/mol. The van der Waals surface area contributed by atoms with Crippen LogP contribution in [0.5, 0.6) is 5.75 Å². The molecular formula is C25H24N4O2S. The maximum Gasteiger partial charge on any atom is 0.196 e. The topological polar surface area (TPSA) is 69.9 Å². The summed E-state index contributed by atoms with van der Waals surface area (Å²) in [6.45, 7) is 6.69. The lowest BCUT2D eigenvalue weighted by Crippen LogP contribution is -2.05. The van der Waals surface area contributed by atoms with Crippen LogP contribution in [0.3, 0.4) is 0 Å². The van der Waals surface area contributed by atoms with E-state index < -0.39 is 0 Å². The van der Waals surface area contributed by atoms with E-state index in [0.29, 0.717) is 23.2 Å². The molecule has 0 saturated carbocycles. The molecule has 2 aromatic heterocycles. The van der Waals surface area contributed by atoms with Crippen molar-refractivity contribution < 1.29 is 9.53 Å². The minimum absolute atomic E-state index is 0.0261. The molecule has 2 heterocycles. The highest BCUT2D eigenvalue weighted by Gasteiger charge is 2.18. The first-order chi connectivity index (χ1) is 15.6. The van der Waals surface area contributed by atoms with Gasteiger partial charge in [-0.05, 0) is 80.4 Å². The Hall–Kier alpha value is -3.45. The SMILES string of the molecule is CCOc1ccc(C(=O)CSc2nnc(-c3ccncc3)n2-c2ccc(C)c(C)c2)cc1. The summed E-state index contributed by atoms with van der Waals surface area (Å²) in [4.78, 5) is 16.9. The molecule has 0 bridgehead atoms. The average Bonchev–Trinajstić information content (AvgIpc) is 3.24. The van der Waals surface area contributed by atoms with Crippen molar-refractivity contribution >= 4 is 17.5 Å². The number of ketones is 1. The molecule has 0 saturated heterocycles. The number of benzene rings is 2. The lowest BCUT2D eigenvalue weighted by molar-refractivity contribution is 0.102. The first kappa shape index (κ1) is 21.8. The van der Waals surface area contributed by atoms with Crippen molar-refractivity contribution in [3.63, 3.8) is 0 Å².